The Balaban J connectivity index is 2.07. The highest BCUT2D eigenvalue weighted by molar-refractivity contribution is 5.79. The highest BCUT2D eigenvalue weighted by Crippen LogP contribution is 2.20. The van der Waals surface area contributed by atoms with Crippen LogP contribution in [0.4, 0.5) is 4.39 Å². The van der Waals surface area contributed by atoms with Crippen molar-refractivity contribution in [2.75, 3.05) is 33.7 Å². The summed E-state index contributed by atoms with van der Waals surface area (Å²) in [6.07, 6.45) is 3.43. The van der Waals surface area contributed by atoms with Crippen molar-refractivity contribution >= 4 is 5.96 Å². The SMILES string of the molecule is CCNC(=NCC(C)(O)c1cnn(C)c1)NCC(c1ccc(F)cc1)N(C)C. The maximum Gasteiger partial charge on any atom is 0.191 e. The number of nitrogens with one attached hydrogen (secondary N) is 2. The van der Waals surface area contributed by atoms with Crippen molar-refractivity contribution in [2.45, 2.75) is 25.5 Å². The largest absolute Gasteiger partial charge is 0.383 e. The molecular weight excluding hydrogens is 359 g/mol. The van der Waals surface area contributed by atoms with Gasteiger partial charge in [-0.3, -0.25) is 4.68 Å². The van der Waals surface area contributed by atoms with E-state index in [1.54, 1.807) is 36.1 Å². The first-order chi connectivity index (χ1) is 13.2. The van der Waals surface area contributed by atoms with Crippen LogP contribution in [0.25, 0.3) is 0 Å². The molecule has 2 rings (SSSR count). The zero-order valence-electron chi connectivity index (χ0n) is 17.3. The molecule has 1 heterocycles. The number of likely N-dealkylation sites (N-methyl/N-ethyl adjacent to an activating group) is 1. The minimum Gasteiger partial charge on any atom is -0.383 e. The molecule has 0 saturated heterocycles. The van der Waals surface area contributed by atoms with Crippen LogP contribution in [0.3, 0.4) is 0 Å². The summed E-state index contributed by atoms with van der Waals surface area (Å²) in [6.45, 7) is 5.18. The van der Waals surface area contributed by atoms with Crippen LogP contribution in [0.1, 0.15) is 31.0 Å². The highest BCUT2D eigenvalue weighted by atomic mass is 19.1. The monoisotopic (exact) mass is 390 g/mol. The van der Waals surface area contributed by atoms with Gasteiger partial charge in [-0.25, -0.2) is 9.38 Å². The van der Waals surface area contributed by atoms with Gasteiger partial charge < -0.3 is 20.6 Å². The van der Waals surface area contributed by atoms with Crippen LogP contribution in [0.5, 0.6) is 0 Å². The van der Waals surface area contributed by atoms with E-state index in [4.69, 9.17) is 0 Å². The number of nitrogens with zero attached hydrogens (tertiary/aromatic N) is 4. The summed E-state index contributed by atoms with van der Waals surface area (Å²) in [6, 6.07) is 6.56. The fourth-order valence-corrected chi connectivity index (χ4v) is 2.84. The molecule has 3 N–H and O–H groups in total. The predicted molar refractivity (Wildman–Crippen MR) is 110 cm³/mol. The smallest absolute Gasteiger partial charge is 0.191 e. The van der Waals surface area contributed by atoms with Gasteiger partial charge in [0.15, 0.2) is 5.96 Å². The third kappa shape index (κ3) is 6.03. The Morgan fingerprint density at radius 1 is 1.32 bits per heavy atom. The van der Waals surface area contributed by atoms with Gasteiger partial charge in [0.25, 0.3) is 0 Å². The number of hydrogen-bond donors (Lipinski definition) is 3. The number of benzene rings is 1. The lowest BCUT2D eigenvalue weighted by Crippen LogP contribution is -2.42. The van der Waals surface area contributed by atoms with E-state index >= 15 is 0 Å². The van der Waals surface area contributed by atoms with Crippen LogP contribution in [-0.2, 0) is 12.6 Å². The molecule has 0 spiro atoms. The van der Waals surface area contributed by atoms with E-state index < -0.39 is 5.60 Å². The number of aromatic nitrogens is 2. The molecule has 0 aliphatic rings. The minimum atomic E-state index is -1.12. The summed E-state index contributed by atoms with van der Waals surface area (Å²) in [5.41, 5.74) is 0.610. The Morgan fingerprint density at radius 2 is 2.00 bits per heavy atom. The molecular formula is C20H31FN6O. The average molecular weight is 391 g/mol. The molecule has 0 aliphatic heterocycles. The molecule has 0 bridgehead atoms. The summed E-state index contributed by atoms with van der Waals surface area (Å²) in [5, 5.41) is 21.3. The fourth-order valence-electron chi connectivity index (χ4n) is 2.84. The number of aliphatic hydroxyl groups is 1. The van der Waals surface area contributed by atoms with Crippen LogP contribution in [0.15, 0.2) is 41.7 Å². The standard InChI is InChI=1S/C20H31FN6O/c1-6-22-19(24-14-20(2,28)16-11-25-27(5)13-16)23-12-18(26(3)4)15-7-9-17(21)10-8-15/h7-11,13,18,28H,6,12,14H2,1-5H3,(H2,22,23,24). The molecule has 0 aliphatic carbocycles. The van der Waals surface area contributed by atoms with Gasteiger partial charge in [0.2, 0.25) is 0 Å². The minimum absolute atomic E-state index is 0.0447. The molecule has 8 heteroatoms. The van der Waals surface area contributed by atoms with E-state index in [1.807, 2.05) is 28.1 Å². The maximum absolute atomic E-state index is 13.2. The molecule has 0 saturated carbocycles. The first-order valence-electron chi connectivity index (χ1n) is 9.38. The van der Waals surface area contributed by atoms with Crippen LogP contribution in [0, 0.1) is 5.82 Å². The number of rotatable bonds is 8. The molecule has 0 fully saturated rings. The summed E-state index contributed by atoms with van der Waals surface area (Å²) < 4.78 is 14.9. The average Bonchev–Trinajstić information content (AvgIpc) is 3.08. The van der Waals surface area contributed by atoms with E-state index in [1.165, 1.54) is 12.1 Å². The van der Waals surface area contributed by atoms with E-state index in [2.05, 4.69) is 25.6 Å². The lowest BCUT2D eigenvalue weighted by molar-refractivity contribution is 0.0671. The molecule has 2 unspecified atom stereocenters. The first-order valence-corrected chi connectivity index (χ1v) is 9.38. The number of aryl methyl sites for hydroxylation is 1. The van der Waals surface area contributed by atoms with Crippen LogP contribution < -0.4 is 10.6 Å². The van der Waals surface area contributed by atoms with Gasteiger partial charge in [0.1, 0.15) is 11.4 Å². The fraction of sp³-hybridized carbons (Fsp3) is 0.500. The second-order valence-corrected chi connectivity index (χ2v) is 7.28. The Labute approximate surface area is 166 Å². The molecule has 2 atom stereocenters. The third-order valence-corrected chi connectivity index (χ3v) is 4.56. The second kappa shape index (κ2) is 9.66. The summed E-state index contributed by atoms with van der Waals surface area (Å²) in [4.78, 5) is 6.60. The van der Waals surface area contributed by atoms with E-state index in [0.717, 1.165) is 5.56 Å². The Bertz CT molecular complexity index is 769. The van der Waals surface area contributed by atoms with Gasteiger partial charge in [-0.15, -0.1) is 0 Å². The molecule has 28 heavy (non-hydrogen) atoms. The van der Waals surface area contributed by atoms with Crippen molar-refractivity contribution in [2.24, 2.45) is 12.0 Å². The Morgan fingerprint density at radius 3 is 2.54 bits per heavy atom. The molecule has 2 aromatic rings. The van der Waals surface area contributed by atoms with Gasteiger partial charge in [-0.1, -0.05) is 12.1 Å². The lowest BCUT2D eigenvalue weighted by Gasteiger charge is -2.26. The number of aliphatic imine (C=N–C) groups is 1. The molecule has 7 nitrogen and oxygen atoms in total. The highest BCUT2D eigenvalue weighted by Gasteiger charge is 2.24. The zero-order valence-corrected chi connectivity index (χ0v) is 17.3. The van der Waals surface area contributed by atoms with Crippen LogP contribution in [0.2, 0.25) is 0 Å². The van der Waals surface area contributed by atoms with E-state index in [-0.39, 0.29) is 18.4 Å². The molecule has 154 valence electrons. The molecule has 0 amide bonds. The van der Waals surface area contributed by atoms with Crippen molar-refractivity contribution in [3.05, 3.63) is 53.6 Å². The molecule has 1 aromatic heterocycles. The summed E-state index contributed by atoms with van der Waals surface area (Å²) in [7, 11) is 5.77. The van der Waals surface area contributed by atoms with E-state index in [0.29, 0.717) is 24.6 Å². The van der Waals surface area contributed by atoms with Crippen molar-refractivity contribution in [3.8, 4) is 0 Å². The summed E-state index contributed by atoms with van der Waals surface area (Å²) >= 11 is 0. The van der Waals surface area contributed by atoms with Crippen molar-refractivity contribution in [1.82, 2.24) is 25.3 Å². The van der Waals surface area contributed by atoms with Crippen molar-refractivity contribution in [1.29, 1.82) is 0 Å². The van der Waals surface area contributed by atoms with Gasteiger partial charge in [0, 0.05) is 31.9 Å². The lowest BCUT2D eigenvalue weighted by atomic mass is 10.0. The van der Waals surface area contributed by atoms with Crippen LogP contribution >= 0.6 is 0 Å². The topological polar surface area (TPSA) is 77.7 Å². The Hall–Kier alpha value is -2.45. The second-order valence-electron chi connectivity index (χ2n) is 7.28. The number of hydrogen-bond acceptors (Lipinski definition) is 4. The summed E-state index contributed by atoms with van der Waals surface area (Å²) in [5.74, 6) is 0.363. The third-order valence-electron chi connectivity index (χ3n) is 4.56. The van der Waals surface area contributed by atoms with E-state index in [9.17, 15) is 9.50 Å². The first kappa shape index (κ1) is 21.8. The number of halogens is 1. The Kier molecular flexibility index (Phi) is 7.53. The number of guanidine groups is 1. The molecule has 1 aromatic carbocycles. The van der Waals surface area contributed by atoms with Gasteiger partial charge in [-0.2, -0.15) is 5.10 Å². The van der Waals surface area contributed by atoms with Gasteiger partial charge >= 0.3 is 0 Å². The molecule has 0 radical (unpaired) electrons. The maximum atomic E-state index is 13.2. The predicted octanol–water partition coefficient (Wildman–Crippen LogP) is 1.62. The quantitative estimate of drug-likeness (QED) is 0.472. The van der Waals surface area contributed by atoms with Gasteiger partial charge in [0.05, 0.1) is 18.8 Å². The normalized spacial score (nSPS) is 15.4. The van der Waals surface area contributed by atoms with Crippen molar-refractivity contribution < 1.29 is 9.50 Å². The van der Waals surface area contributed by atoms with Crippen LogP contribution in [-0.4, -0.2) is 59.5 Å². The van der Waals surface area contributed by atoms with Gasteiger partial charge in [-0.05, 0) is 45.6 Å². The zero-order chi connectivity index (χ0) is 20.7. The van der Waals surface area contributed by atoms with Crippen molar-refractivity contribution in [3.63, 3.8) is 0 Å².